The molecule has 1 saturated carbocycles. The lowest BCUT2D eigenvalue weighted by atomic mass is 9.78. The zero-order valence-electron chi connectivity index (χ0n) is 18.8. The van der Waals surface area contributed by atoms with Gasteiger partial charge in [-0.05, 0) is 41.0 Å². The van der Waals surface area contributed by atoms with Crippen molar-refractivity contribution in [2.45, 2.75) is 50.1 Å². The Morgan fingerprint density at radius 3 is 2.18 bits per heavy atom. The summed E-state index contributed by atoms with van der Waals surface area (Å²) in [5, 5.41) is 14.5. The van der Waals surface area contributed by atoms with E-state index in [0.717, 1.165) is 41.5 Å². The van der Waals surface area contributed by atoms with Gasteiger partial charge < -0.3 is 20.5 Å². The third-order valence-corrected chi connectivity index (χ3v) is 6.72. The summed E-state index contributed by atoms with van der Waals surface area (Å²) in [4.78, 5) is 36.6. The molecular weight excluding hydrogens is 432 g/mol. The van der Waals surface area contributed by atoms with Crippen molar-refractivity contribution in [2.75, 3.05) is 6.61 Å². The molecule has 0 spiro atoms. The van der Waals surface area contributed by atoms with E-state index in [2.05, 4.69) is 28.7 Å². The number of amides is 2. The van der Waals surface area contributed by atoms with E-state index in [1.54, 1.807) is 0 Å². The highest BCUT2D eigenvalue weighted by atomic mass is 16.5. The van der Waals surface area contributed by atoms with Crippen molar-refractivity contribution in [1.29, 1.82) is 0 Å². The summed E-state index contributed by atoms with van der Waals surface area (Å²) in [7, 11) is 0. The van der Waals surface area contributed by atoms with Gasteiger partial charge in [0.15, 0.2) is 0 Å². The second kappa shape index (κ2) is 10.4. The number of benzene rings is 2. The Morgan fingerprint density at radius 1 is 1.03 bits per heavy atom. The zero-order valence-corrected chi connectivity index (χ0v) is 18.8. The Bertz CT molecular complexity index is 1070. The standard InChI is InChI=1S/C27H28N2O5/c1-2-8-23(26(32)28-24(15-25(30)31)17-9-7-10-17)29-27(33)34-16-22-20-13-5-3-11-18(20)19-12-4-6-14-21(19)22/h1,3-6,11-14,17,22-24H,7-10,15-16H2,(H,28,32)(H,29,33)(H,30,31). The molecule has 3 N–H and O–H groups in total. The van der Waals surface area contributed by atoms with Gasteiger partial charge in [-0.1, -0.05) is 55.0 Å². The van der Waals surface area contributed by atoms with Gasteiger partial charge >= 0.3 is 12.1 Å². The Labute approximate surface area is 198 Å². The maximum absolute atomic E-state index is 12.8. The summed E-state index contributed by atoms with van der Waals surface area (Å²) < 4.78 is 5.52. The first-order valence-corrected chi connectivity index (χ1v) is 11.5. The van der Waals surface area contributed by atoms with Crippen LogP contribution in [0.25, 0.3) is 11.1 Å². The van der Waals surface area contributed by atoms with E-state index in [1.165, 1.54) is 0 Å². The van der Waals surface area contributed by atoms with Crippen molar-refractivity contribution >= 4 is 18.0 Å². The van der Waals surface area contributed by atoms with Gasteiger partial charge in [-0.2, -0.15) is 0 Å². The lowest BCUT2D eigenvalue weighted by Crippen LogP contribution is -2.52. The predicted octanol–water partition coefficient (Wildman–Crippen LogP) is 3.68. The fraction of sp³-hybridized carbons (Fsp3) is 0.370. The van der Waals surface area contributed by atoms with Gasteiger partial charge in [0, 0.05) is 18.4 Å². The van der Waals surface area contributed by atoms with Crippen LogP contribution in [0.15, 0.2) is 48.5 Å². The molecule has 0 aromatic heterocycles. The van der Waals surface area contributed by atoms with Crippen molar-refractivity contribution in [2.24, 2.45) is 5.92 Å². The van der Waals surface area contributed by atoms with E-state index < -0.39 is 30.1 Å². The summed E-state index contributed by atoms with van der Waals surface area (Å²) in [5.74, 6) is 0.954. The second-order valence-corrected chi connectivity index (χ2v) is 8.83. The van der Waals surface area contributed by atoms with Gasteiger partial charge in [-0.3, -0.25) is 9.59 Å². The third-order valence-electron chi connectivity index (χ3n) is 6.72. The number of carboxylic acids is 1. The Morgan fingerprint density at radius 2 is 1.65 bits per heavy atom. The van der Waals surface area contributed by atoms with Crippen LogP contribution in [0.3, 0.4) is 0 Å². The van der Waals surface area contributed by atoms with E-state index in [0.29, 0.717) is 0 Å². The quantitative estimate of drug-likeness (QED) is 0.495. The van der Waals surface area contributed by atoms with Crippen LogP contribution >= 0.6 is 0 Å². The molecular formula is C27H28N2O5. The van der Waals surface area contributed by atoms with E-state index in [1.807, 2.05) is 36.4 Å². The van der Waals surface area contributed by atoms with Gasteiger partial charge in [0.05, 0.1) is 6.42 Å². The smallest absolute Gasteiger partial charge is 0.407 e. The molecule has 2 aromatic rings. The summed E-state index contributed by atoms with van der Waals surface area (Å²) in [5.41, 5.74) is 4.42. The monoisotopic (exact) mass is 460 g/mol. The highest BCUT2D eigenvalue weighted by molar-refractivity contribution is 5.86. The number of hydrogen-bond donors (Lipinski definition) is 3. The van der Waals surface area contributed by atoms with Crippen LogP contribution in [0.4, 0.5) is 4.79 Å². The van der Waals surface area contributed by atoms with Gasteiger partial charge in [-0.25, -0.2) is 4.79 Å². The topological polar surface area (TPSA) is 105 Å². The van der Waals surface area contributed by atoms with Gasteiger partial charge in [-0.15, -0.1) is 12.3 Å². The van der Waals surface area contributed by atoms with Crippen LogP contribution in [0, 0.1) is 18.3 Å². The molecule has 1 fully saturated rings. The lowest BCUT2D eigenvalue weighted by molar-refractivity contribution is -0.138. The molecule has 2 atom stereocenters. The average molecular weight is 461 g/mol. The average Bonchev–Trinajstić information content (AvgIpc) is 3.09. The van der Waals surface area contributed by atoms with Crippen LogP contribution in [-0.2, 0) is 14.3 Å². The second-order valence-electron chi connectivity index (χ2n) is 8.83. The minimum absolute atomic E-state index is 0.0273. The van der Waals surface area contributed by atoms with Crippen LogP contribution < -0.4 is 10.6 Å². The van der Waals surface area contributed by atoms with Gasteiger partial charge in [0.2, 0.25) is 5.91 Å². The number of nitrogens with one attached hydrogen (secondary N) is 2. The first-order chi connectivity index (χ1) is 16.5. The molecule has 0 bridgehead atoms. The maximum atomic E-state index is 12.8. The van der Waals surface area contributed by atoms with E-state index in [9.17, 15) is 19.5 Å². The summed E-state index contributed by atoms with van der Waals surface area (Å²) in [6.07, 6.45) is 7.25. The highest BCUT2D eigenvalue weighted by Gasteiger charge is 2.33. The molecule has 2 unspecified atom stereocenters. The van der Waals surface area contributed by atoms with Crippen LogP contribution in [0.2, 0.25) is 0 Å². The number of rotatable bonds is 9. The molecule has 7 nitrogen and oxygen atoms in total. The van der Waals surface area contributed by atoms with Crippen molar-refractivity contribution in [3.8, 4) is 23.5 Å². The number of fused-ring (bicyclic) bond motifs is 3. The number of hydrogen-bond acceptors (Lipinski definition) is 4. The molecule has 34 heavy (non-hydrogen) atoms. The molecule has 176 valence electrons. The molecule has 7 heteroatoms. The number of carboxylic acid groups (broad SMARTS) is 1. The summed E-state index contributed by atoms with van der Waals surface area (Å²) >= 11 is 0. The number of alkyl carbamates (subject to hydrolysis) is 1. The Kier molecular flexibility index (Phi) is 7.17. The number of carbonyl (C=O) groups excluding carboxylic acids is 2. The Hall–Kier alpha value is -3.79. The van der Waals surface area contributed by atoms with Crippen LogP contribution in [0.1, 0.15) is 49.1 Å². The third kappa shape index (κ3) is 5.07. The molecule has 2 amide bonds. The summed E-state index contributed by atoms with van der Waals surface area (Å²) in [6.45, 7) is 0.119. The summed E-state index contributed by atoms with van der Waals surface area (Å²) in [6, 6.07) is 14.6. The number of aliphatic carboxylic acids is 1. The first kappa shape index (κ1) is 23.4. The minimum Gasteiger partial charge on any atom is -0.481 e. The maximum Gasteiger partial charge on any atom is 0.407 e. The van der Waals surface area contributed by atoms with Crippen LogP contribution in [0.5, 0.6) is 0 Å². The number of ether oxygens (including phenoxy) is 1. The lowest BCUT2D eigenvalue weighted by Gasteiger charge is -2.34. The normalized spacial score (nSPS) is 16.2. The SMILES string of the molecule is C#CCC(NC(=O)OCC1c2ccccc2-c2ccccc21)C(=O)NC(CC(=O)O)C1CCC1. The fourth-order valence-electron chi connectivity index (χ4n) is 4.76. The number of terminal acetylenes is 1. The largest absolute Gasteiger partial charge is 0.481 e. The molecule has 0 saturated heterocycles. The number of carbonyl (C=O) groups is 3. The molecule has 0 aliphatic heterocycles. The van der Waals surface area contributed by atoms with Gasteiger partial charge in [0.1, 0.15) is 12.6 Å². The highest BCUT2D eigenvalue weighted by Crippen LogP contribution is 2.44. The van der Waals surface area contributed by atoms with Crippen molar-refractivity contribution in [1.82, 2.24) is 10.6 Å². The predicted molar refractivity (Wildman–Crippen MR) is 127 cm³/mol. The van der Waals surface area contributed by atoms with E-state index >= 15 is 0 Å². The van der Waals surface area contributed by atoms with Crippen molar-refractivity contribution in [3.63, 3.8) is 0 Å². The van der Waals surface area contributed by atoms with E-state index in [4.69, 9.17) is 11.2 Å². The van der Waals surface area contributed by atoms with Crippen LogP contribution in [-0.4, -0.2) is 41.8 Å². The molecule has 2 aliphatic carbocycles. The first-order valence-electron chi connectivity index (χ1n) is 11.5. The molecule has 0 radical (unpaired) electrons. The molecule has 2 aliphatic rings. The van der Waals surface area contributed by atoms with Crippen molar-refractivity contribution in [3.05, 3.63) is 59.7 Å². The fourth-order valence-corrected chi connectivity index (χ4v) is 4.76. The molecule has 4 rings (SSSR count). The van der Waals surface area contributed by atoms with Gasteiger partial charge in [0.25, 0.3) is 0 Å². The molecule has 0 heterocycles. The van der Waals surface area contributed by atoms with E-state index in [-0.39, 0.29) is 31.3 Å². The van der Waals surface area contributed by atoms with Crippen molar-refractivity contribution < 1.29 is 24.2 Å². The minimum atomic E-state index is -1.00. The zero-order chi connectivity index (χ0) is 24.1. The molecule has 2 aromatic carbocycles. The Balaban J connectivity index is 1.38.